The van der Waals surface area contributed by atoms with E-state index in [4.69, 9.17) is 14.5 Å². The topological polar surface area (TPSA) is 36.3 Å². The molecule has 0 bridgehead atoms. The molecule has 6 heteroatoms. The average molecular weight is 344 g/mol. The first-order chi connectivity index (χ1) is 11.8. The van der Waals surface area contributed by atoms with Crippen LogP contribution in [0.1, 0.15) is 18.1 Å². The van der Waals surface area contributed by atoms with E-state index >= 15 is 0 Å². The quantitative estimate of drug-likeness (QED) is 0.659. The van der Waals surface area contributed by atoms with Crippen molar-refractivity contribution in [3.8, 4) is 5.75 Å². The van der Waals surface area contributed by atoms with Crippen LogP contribution < -0.4 is 4.74 Å². The summed E-state index contributed by atoms with van der Waals surface area (Å²) in [6.07, 6.45) is 0. The maximum Gasteiger partial charge on any atom is 0.189 e. The van der Waals surface area contributed by atoms with E-state index in [1.165, 1.54) is 12.1 Å². The number of imidazole rings is 1. The highest BCUT2D eigenvalue weighted by molar-refractivity contribution is 7.98. The monoisotopic (exact) mass is 344 g/mol. The first-order valence-electron chi connectivity index (χ1n) is 7.86. The fourth-order valence-corrected chi connectivity index (χ4v) is 4.02. The number of nitrogens with zero attached hydrogens (tertiary/aromatic N) is 2. The van der Waals surface area contributed by atoms with Gasteiger partial charge in [0.2, 0.25) is 0 Å². The lowest BCUT2D eigenvalue weighted by Gasteiger charge is -2.20. The molecule has 0 unspecified atom stereocenters. The SMILES string of the molecule is CCn1c(SCc2cc(F)cc3c2OCOC3)nc2ccccc21. The highest BCUT2D eigenvalue weighted by Gasteiger charge is 2.18. The summed E-state index contributed by atoms with van der Waals surface area (Å²) >= 11 is 1.60. The second-order valence-corrected chi connectivity index (χ2v) is 6.52. The van der Waals surface area contributed by atoms with Crippen LogP contribution in [-0.4, -0.2) is 16.3 Å². The van der Waals surface area contributed by atoms with E-state index in [0.717, 1.165) is 39.6 Å². The third kappa shape index (κ3) is 2.76. The van der Waals surface area contributed by atoms with Gasteiger partial charge in [0.05, 0.1) is 17.6 Å². The Balaban J connectivity index is 1.65. The Morgan fingerprint density at radius 1 is 1.29 bits per heavy atom. The first-order valence-corrected chi connectivity index (χ1v) is 8.84. The van der Waals surface area contributed by atoms with Gasteiger partial charge in [0.1, 0.15) is 11.6 Å². The van der Waals surface area contributed by atoms with E-state index in [1.807, 2.05) is 18.2 Å². The smallest absolute Gasteiger partial charge is 0.189 e. The summed E-state index contributed by atoms with van der Waals surface area (Å²) in [5, 5.41) is 0.934. The number of thioether (sulfide) groups is 1. The molecule has 1 aliphatic heterocycles. The fourth-order valence-electron chi connectivity index (χ4n) is 2.98. The third-order valence-electron chi connectivity index (χ3n) is 4.04. The Labute approximate surface area is 143 Å². The predicted molar refractivity (Wildman–Crippen MR) is 91.7 cm³/mol. The molecule has 2 heterocycles. The number of fused-ring (bicyclic) bond motifs is 2. The number of aryl methyl sites for hydroxylation is 1. The molecule has 0 saturated heterocycles. The van der Waals surface area contributed by atoms with Gasteiger partial charge < -0.3 is 14.0 Å². The highest BCUT2D eigenvalue weighted by atomic mass is 32.2. The molecule has 0 spiro atoms. The number of hydrogen-bond acceptors (Lipinski definition) is 4. The van der Waals surface area contributed by atoms with Gasteiger partial charge in [0.25, 0.3) is 0 Å². The largest absolute Gasteiger partial charge is 0.467 e. The highest BCUT2D eigenvalue weighted by Crippen LogP contribution is 2.34. The summed E-state index contributed by atoms with van der Waals surface area (Å²) < 4.78 is 26.8. The van der Waals surface area contributed by atoms with E-state index in [0.29, 0.717) is 12.4 Å². The van der Waals surface area contributed by atoms with Crippen LogP contribution in [0.2, 0.25) is 0 Å². The summed E-state index contributed by atoms with van der Waals surface area (Å²) in [5.74, 6) is 1.08. The molecule has 1 aromatic heterocycles. The van der Waals surface area contributed by atoms with E-state index < -0.39 is 0 Å². The Bertz CT molecular complexity index is 894. The Kier molecular flexibility index (Phi) is 4.16. The van der Waals surface area contributed by atoms with Crippen molar-refractivity contribution in [1.82, 2.24) is 9.55 Å². The van der Waals surface area contributed by atoms with Crippen molar-refractivity contribution in [2.24, 2.45) is 0 Å². The van der Waals surface area contributed by atoms with E-state index in [9.17, 15) is 4.39 Å². The Morgan fingerprint density at radius 3 is 3.04 bits per heavy atom. The molecule has 0 aliphatic carbocycles. The lowest BCUT2D eigenvalue weighted by molar-refractivity contribution is -0.0171. The standard InChI is InChI=1S/C18H17FN2O2S/c1-2-21-16-6-4-3-5-15(16)20-18(21)24-10-13-8-14(19)7-12-9-22-11-23-17(12)13/h3-8H,2,9-11H2,1H3. The molecule has 0 fully saturated rings. The molecule has 124 valence electrons. The zero-order valence-electron chi connectivity index (χ0n) is 13.3. The molecule has 0 saturated carbocycles. The zero-order chi connectivity index (χ0) is 16.5. The lowest BCUT2D eigenvalue weighted by atomic mass is 10.1. The first kappa shape index (κ1) is 15.5. The molecule has 0 radical (unpaired) electrons. The molecular weight excluding hydrogens is 327 g/mol. The summed E-state index contributed by atoms with van der Waals surface area (Å²) in [6, 6.07) is 11.1. The van der Waals surface area contributed by atoms with Crippen molar-refractivity contribution in [1.29, 1.82) is 0 Å². The normalized spacial score (nSPS) is 13.8. The number of rotatable bonds is 4. The maximum atomic E-state index is 13.9. The minimum absolute atomic E-state index is 0.212. The molecular formula is C18H17FN2O2S. The number of ether oxygens (including phenoxy) is 2. The molecule has 4 nitrogen and oxygen atoms in total. The third-order valence-corrected chi connectivity index (χ3v) is 5.07. The minimum Gasteiger partial charge on any atom is -0.467 e. The molecule has 24 heavy (non-hydrogen) atoms. The van der Waals surface area contributed by atoms with Gasteiger partial charge in [-0.3, -0.25) is 0 Å². The molecule has 3 aromatic rings. The number of para-hydroxylation sites is 2. The second kappa shape index (κ2) is 6.45. The van der Waals surface area contributed by atoms with E-state index in [2.05, 4.69) is 17.6 Å². The van der Waals surface area contributed by atoms with Crippen LogP contribution >= 0.6 is 11.8 Å². The van der Waals surface area contributed by atoms with Crippen molar-refractivity contribution < 1.29 is 13.9 Å². The van der Waals surface area contributed by atoms with Crippen LogP contribution in [0.15, 0.2) is 41.6 Å². The summed E-state index contributed by atoms with van der Waals surface area (Å²) in [7, 11) is 0. The van der Waals surface area contributed by atoms with Crippen LogP contribution in [-0.2, 0) is 23.6 Å². The number of benzene rings is 2. The maximum absolute atomic E-state index is 13.9. The van der Waals surface area contributed by atoms with Gasteiger partial charge in [-0.1, -0.05) is 23.9 Å². The van der Waals surface area contributed by atoms with Crippen molar-refractivity contribution in [2.45, 2.75) is 31.0 Å². The fraction of sp³-hybridized carbons (Fsp3) is 0.278. The summed E-state index contributed by atoms with van der Waals surface area (Å²) in [6.45, 7) is 3.54. The van der Waals surface area contributed by atoms with Crippen LogP contribution in [0.5, 0.6) is 5.75 Å². The van der Waals surface area contributed by atoms with Gasteiger partial charge in [-0.05, 0) is 31.2 Å². The van der Waals surface area contributed by atoms with Gasteiger partial charge in [-0.2, -0.15) is 0 Å². The van der Waals surface area contributed by atoms with Gasteiger partial charge >= 0.3 is 0 Å². The minimum atomic E-state index is -0.262. The molecule has 2 aromatic carbocycles. The van der Waals surface area contributed by atoms with Crippen LogP contribution in [0.3, 0.4) is 0 Å². The van der Waals surface area contributed by atoms with Gasteiger partial charge in [0.15, 0.2) is 11.9 Å². The van der Waals surface area contributed by atoms with Gasteiger partial charge in [0, 0.05) is 23.4 Å². The van der Waals surface area contributed by atoms with E-state index in [1.54, 1.807) is 11.8 Å². The van der Waals surface area contributed by atoms with Gasteiger partial charge in [-0.25, -0.2) is 9.37 Å². The lowest BCUT2D eigenvalue weighted by Crippen LogP contribution is -2.13. The van der Waals surface area contributed by atoms with E-state index in [-0.39, 0.29) is 12.6 Å². The molecule has 0 atom stereocenters. The van der Waals surface area contributed by atoms with Crippen LogP contribution in [0.25, 0.3) is 11.0 Å². The molecule has 0 amide bonds. The Hall–Kier alpha value is -2.05. The van der Waals surface area contributed by atoms with Crippen molar-refractivity contribution in [2.75, 3.05) is 6.79 Å². The second-order valence-electron chi connectivity index (χ2n) is 5.58. The summed E-state index contributed by atoms with van der Waals surface area (Å²) in [5.41, 5.74) is 3.70. The zero-order valence-corrected chi connectivity index (χ0v) is 14.1. The molecule has 4 rings (SSSR count). The summed E-state index contributed by atoms with van der Waals surface area (Å²) in [4.78, 5) is 4.70. The van der Waals surface area contributed by atoms with Crippen molar-refractivity contribution in [3.63, 3.8) is 0 Å². The number of halogens is 1. The van der Waals surface area contributed by atoms with Gasteiger partial charge in [-0.15, -0.1) is 0 Å². The number of hydrogen-bond donors (Lipinski definition) is 0. The van der Waals surface area contributed by atoms with Crippen molar-refractivity contribution >= 4 is 22.8 Å². The van der Waals surface area contributed by atoms with Crippen LogP contribution in [0.4, 0.5) is 4.39 Å². The molecule has 0 N–H and O–H groups in total. The predicted octanol–water partition coefficient (Wildman–Crippen LogP) is 4.35. The van der Waals surface area contributed by atoms with Crippen LogP contribution in [0, 0.1) is 5.82 Å². The molecule has 1 aliphatic rings. The average Bonchev–Trinajstić information content (AvgIpc) is 2.97. The number of aromatic nitrogens is 2. The Morgan fingerprint density at radius 2 is 2.17 bits per heavy atom. The van der Waals surface area contributed by atoms with Crippen molar-refractivity contribution in [3.05, 3.63) is 53.3 Å².